The van der Waals surface area contributed by atoms with E-state index in [2.05, 4.69) is 10.6 Å². The Hall–Kier alpha value is -1.75. The summed E-state index contributed by atoms with van der Waals surface area (Å²) in [7, 11) is 3.21. The maximum atomic E-state index is 11.2. The van der Waals surface area contributed by atoms with Gasteiger partial charge in [0.2, 0.25) is 0 Å². The predicted molar refractivity (Wildman–Crippen MR) is 69.9 cm³/mol. The second kappa shape index (κ2) is 7.55. The minimum absolute atomic E-state index is 0.0158. The molecule has 0 bridgehead atoms. The van der Waals surface area contributed by atoms with Crippen LogP contribution in [0, 0.1) is 0 Å². The molecule has 1 aromatic carbocycles. The number of hydrogen-bond acceptors (Lipinski definition) is 4. The van der Waals surface area contributed by atoms with Crippen molar-refractivity contribution >= 4 is 5.91 Å². The number of benzene rings is 1. The van der Waals surface area contributed by atoms with Gasteiger partial charge in [0.15, 0.2) is 6.61 Å². The minimum Gasteiger partial charge on any atom is -0.497 e. The zero-order chi connectivity index (χ0) is 13.4. The van der Waals surface area contributed by atoms with Gasteiger partial charge in [-0.25, -0.2) is 0 Å². The summed E-state index contributed by atoms with van der Waals surface area (Å²) in [6.07, 6.45) is 0. The van der Waals surface area contributed by atoms with Gasteiger partial charge in [-0.3, -0.25) is 4.79 Å². The van der Waals surface area contributed by atoms with Crippen molar-refractivity contribution in [2.45, 2.75) is 13.5 Å². The van der Waals surface area contributed by atoms with Gasteiger partial charge in [0.25, 0.3) is 5.91 Å². The summed E-state index contributed by atoms with van der Waals surface area (Å²) in [4.78, 5) is 11.2. The van der Waals surface area contributed by atoms with E-state index in [0.717, 1.165) is 17.9 Å². The van der Waals surface area contributed by atoms with Gasteiger partial charge < -0.3 is 20.1 Å². The largest absolute Gasteiger partial charge is 0.497 e. The lowest BCUT2D eigenvalue weighted by Gasteiger charge is -2.12. The first-order chi connectivity index (χ1) is 8.71. The Morgan fingerprint density at radius 3 is 2.78 bits per heavy atom. The first-order valence-electron chi connectivity index (χ1n) is 5.92. The Labute approximate surface area is 107 Å². The van der Waals surface area contributed by atoms with E-state index in [0.29, 0.717) is 12.3 Å². The van der Waals surface area contributed by atoms with E-state index in [1.807, 2.05) is 25.1 Å². The van der Waals surface area contributed by atoms with Gasteiger partial charge in [0, 0.05) is 19.2 Å². The second-order valence-electron chi connectivity index (χ2n) is 3.72. The van der Waals surface area contributed by atoms with Gasteiger partial charge in [-0.2, -0.15) is 0 Å². The third-order valence-corrected chi connectivity index (χ3v) is 2.47. The number of rotatable bonds is 7. The third-order valence-electron chi connectivity index (χ3n) is 2.47. The lowest BCUT2D eigenvalue weighted by molar-refractivity contribution is -0.122. The zero-order valence-corrected chi connectivity index (χ0v) is 11.1. The molecule has 1 aromatic rings. The van der Waals surface area contributed by atoms with Crippen molar-refractivity contribution < 1.29 is 14.3 Å². The summed E-state index contributed by atoms with van der Waals surface area (Å²) in [5, 5.41) is 5.74. The molecule has 0 saturated heterocycles. The van der Waals surface area contributed by atoms with E-state index in [9.17, 15) is 4.79 Å². The van der Waals surface area contributed by atoms with E-state index in [4.69, 9.17) is 9.47 Å². The van der Waals surface area contributed by atoms with Gasteiger partial charge >= 0.3 is 0 Å². The monoisotopic (exact) mass is 252 g/mol. The molecule has 0 aliphatic carbocycles. The molecule has 0 unspecified atom stereocenters. The van der Waals surface area contributed by atoms with Crippen molar-refractivity contribution in [3.63, 3.8) is 0 Å². The average Bonchev–Trinajstić information content (AvgIpc) is 2.42. The van der Waals surface area contributed by atoms with Crippen LogP contribution in [0.4, 0.5) is 0 Å². The molecular formula is C13H20N2O3. The molecule has 0 aromatic heterocycles. The summed E-state index contributed by atoms with van der Waals surface area (Å²) in [5.41, 5.74) is 0.972. The van der Waals surface area contributed by atoms with Gasteiger partial charge in [0.1, 0.15) is 11.5 Å². The Bertz CT molecular complexity index is 394. The van der Waals surface area contributed by atoms with Gasteiger partial charge in [0.05, 0.1) is 7.11 Å². The Kier molecular flexibility index (Phi) is 6.00. The van der Waals surface area contributed by atoms with Crippen LogP contribution < -0.4 is 20.1 Å². The Morgan fingerprint density at radius 1 is 1.39 bits per heavy atom. The standard InChI is InChI=1S/C13H20N2O3/c1-4-15-8-10-7-11(17-3)5-6-12(10)18-9-13(16)14-2/h5-7,15H,4,8-9H2,1-3H3,(H,14,16). The molecule has 1 amide bonds. The van der Waals surface area contributed by atoms with E-state index in [1.165, 1.54) is 0 Å². The summed E-state index contributed by atoms with van der Waals surface area (Å²) in [5.74, 6) is 1.32. The molecule has 0 fully saturated rings. The molecule has 1 rings (SSSR count). The number of nitrogens with one attached hydrogen (secondary N) is 2. The number of amides is 1. The summed E-state index contributed by atoms with van der Waals surface area (Å²) in [6.45, 7) is 3.59. The molecule has 2 N–H and O–H groups in total. The van der Waals surface area contributed by atoms with Crippen LogP contribution in [0.5, 0.6) is 11.5 Å². The smallest absolute Gasteiger partial charge is 0.257 e. The molecule has 5 nitrogen and oxygen atoms in total. The maximum absolute atomic E-state index is 11.2. The lowest BCUT2D eigenvalue weighted by Crippen LogP contribution is -2.25. The molecule has 0 saturated carbocycles. The fraction of sp³-hybridized carbons (Fsp3) is 0.462. The van der Waals surface area contributed by atoms with Crippen LogP contribution in [0.1, 0.15) is 12.5 Å². The number of hydrogen-bond donors (Lipinski definition) is 2. The molecule has 0 heterocycles. The summed E-state index contributed by atoms with van der Waals surface area (Å²) >= 11 is 0. The fourth-order valence-corrected chi connectivity index (χ4v) is 1.44. The molecule has 18 heavy (non-hydrogen) atoms. The number of carbonyl (C=O) groups excluding carboxylic acids is 1. The zero-order valence-electron chi connectivity index (χ0n) is 11.1. The van der Waals surface area contributed by atoms with E-state index in [-0.39, 0.29) is 12.5 Å². The highest BCUT2D eigenvalue weighted by atomic mass is 16.5. The highest BCUT2D eigenvalue weighted by Crippen LogP contribution is 2.24. The van der Waals surface area contributed by atoms with Crippen molar-refractivity contribution in [2.75, 3.05) is 27.3 Å². The van der Waals surface area contributed by atoms with Crippen LogP contribution >= 0.6 is 0 Å². The van der Waals surface area contributed by atoms with Crippen molar-refractivity contribution in [1.29, 1.82) is 0 Å². The quantitative estimate of drug-likeness (QED) is 0.758. The van der Waals surface area contributed by atoms with Crippen molar-refractivity contribution in [3.05, 3.63) is 23.8 Å². The molecule has 5 heteroatoms. The van der Waals surface area contributed by atoms with Crippen LogP contribution in [0.2, 0.25) is 0 Å². The average molecular weight is 252 g/mol. The molecule has 0 atom stereocenters. The highest BCUT2D eigenvalue weighted by Gasteiger charge is 2.07. The third kappa shape index (κ3) is 4.25. The lowest BCUT2D eigenvalue weighted by atomic mass is 10.2. The fourth-order valence-electron chi connectivity index (χ4n) is 1.44. The van der Waals surface area contributed by atoms with E-state index < -0.39 is 0 Å². The van der Waals surface area contributed by atoms with Gasteiger partial charge in [-0.15, -0.1) is 0 Å². The van der Waals surface area contributed by atoms with Crippen molar-refractivity contribution in [2.24, 2.45) is 0 Å². The molecule has 0 aliphatic rings. The van der Waals surface area contributed by atoms with Gasteiger partial charge in [-0.1, -0.05) is 6.92 Å². The molecule has 0 spiro atoms. The van der Waals surface area contributed by atoms with Crippen LogP contribution in [0.3, 0.4) is 0 Å². The summed E-state index contributed by atoms with van der Waals surface area (Å²) < 4.78 is 10.7. The molecule has 100 valence electrons. The maximum Gasteiger partial charge on any atom is 0.257 e. The number of likely N-dealkylation sites (N-methyl/N-ethyl adjacent to an activating group) is 1. The predicted octanol–water partition coefficient (Wildman–Crippen LogP) is 0.929. The minimum atomic E-state index is -0.153. The highest BCUT2D eigenvalue weighted by molar-refractivity contribution is 5.77. The van der Waals surface area contributed by atoms with E-state index >= 15 is 0 Å². The van der Waals surface area contributed by atoms with E-state index in [1.54, 1.807) is 14.2 Å². The van der Waals surface area contributed by atoms with Crippen LogP contribution in [0.15, 0.2) is 18.2 Å². The van der Waals surface area contributed by atoms with Crippen LogP contribution in [0.25, 0.3) is 0 Å². The summed E-state index contributed by atoms with van der Waals surface area (Å²) in [6, 6.07) is 5.53. The molecule has 0 radical (unpaired) electrons. The number of carbonyl (C=O) groups is 1. The first kappa shape index (κ1) is 14.3. The second-order valence-corrected chi connectivity index (χ2v) is 3.72. The Balaban J connectivity index is 2.77. The SMILES string of the molecule is CCNCc1cc(OC)ccc1OCC(=O)NC. The molecule has 0 aliphatic heterocycles. The first-order valence-corrected chi connectivity index (χ1v) is 5.92. The molecular weight excluding hydrogens is 232 g/mol. The van der Waals surface area contributed by atoms with Crippen LogP contribution in [-0.4, -0.2) is 33.2 Å². The van der Waals surface area contributed by atoms with Crippen molar-refractivity contribution in [3.8, 4) is 11.5 Å². The normalized spacial score (nSPS) is 9.94. The van der Waals surface area contributed by atoms with Gasteiger partial charge in [-0.05, 0) is 24.7 Å². The number of ether oxygens (including phenoxy) is 2. The topological polar surface area (TPSA) is 59.6 Å². The van der Waals surface area contributed by atoms with Crippen molar-refractivity contribution in [1.82, 2.24) is 10.6 Å². The van der Waals surface area contributed by atoms with Crippen LogP contribution in [-0.2, 0) is 11.3 Å². The Morgan fingerprint density at radius 2 is 2.17 bits per heavy atom. The number of methoxy groups -OCH3 is 1.